The van der Waals surface area contributed by atoms with Crippen molar-refractivity contribution in [1.82, 2.24) is 0 Å². The highest BCUT2D eigenvalue weighted by Gasteiger charge is 2.29. The van der Waals surface area contributed by atoms with Crippen LogP contribution in [0.2, 0.25) is 0 Å². The zero-order valence-electron chi connectivity index (χ0n) is 14.7. The Kier molecular flexibility index (Phi) is 10.7. The first-order chi connectivity index (χ1) is 11.2. The second-order valence-electron chi connectivity index (χ2n) is 6.18. The molecule has 1 saturated carbocycles. The van der Waals surface area contributed by atoms with Crippen molar-refractivity contribution in [1.29, 1.82) is 0 Å². The monoisotopic (exact) mass is 328 g/mol. The molecule has 0 N–H and O–H groups in total. The van der Waals surface area contributed by atoms with Crippen LogP contribution in [0, 0.1) is 0 Å². The first kappa shape index (κ1) is 19.9. The van der Waals surface area contributed by atoms with Crippen molar-refractivity contribution in [3.05, 3.63) is 0 Å². The number of rotatable bonds is 11. The van der Waals surface area contributed by atoms with Gasteiger partial charge in [-0.3, -0.25) is 4.79 Å². The molecule has 1 atom stereocenters. The van der Waals surface area contributed by atoms with Gasteiger partial charge in [0.1, 0.15) is 0 Å². The summed E-state index contributed by atoms with van der Waals surface area (Å²) in [5.41, 5.74) is 0. The summed E-state index contributed by atoms with van der Waals surface area (Å²) >= 11 is 0. The van der Waals surface area contributed by atoms with E-state index >= 15 is 0 Å². The molecule has 134 valence electrons. The van der Waals surface area contributed by atoms with Crippen LogP contribution in [0.1, 0.15) is 78.1 Å². The van der Waals surface area contributed by atoms with Gasteiger partial charge >= 0.3 is 11.9 Å². The van der Waals surface area contributed by atoms with Crippen LogP contribution in [0.15, 0.2) is 0 Å². The van der Waals surface area contributed by atoms with Crippen LogP contribution in [0.25, 0.3) is 0 Å². The van der Waals surface area contributed by atoms with Crippen LogP contribution in [-0.2, 0) is 23.8 Å². The van der Waals surface area contributed by atoms with Crippen LogP contribution in [0.3, 0.4) is 0 Å². The van der Waals surface area contributed by atoms with Crippen molar-refractivity contribution in [3.8, 4) is 0 Å². The van der Waals surface area contributed by atoms with Crippen molar-refractivity contribution in [3.63, 3.8) is 0 Å². The van der Waals surface area contributed by atoms with Gasteiger partial charge in [0.15, 0.2) is 6.10 Å². The van der Waals surface area contributed by atoms with Crippen LogP contribution < -0.4 is 0 Å². The van der Waals surface area contributed by atoms with Gasteiger partial charge in [-0.2, -0.15) is 0 Å². The summed E-state index contributed by atoms with van der Waals surface area (Å²) < 4.78 is 16.3. The lowest BCUT2D eigenvalue weighted by atomic mass is 9.97. The smallest absolute Gasteiger partial charge is 0.335 e. The van der Waals surface area contributed by atoms with Gasteiger partial charge in [-0.1, -0.05) is 46.0 Å². The van der Waals surface area contributed by atoms with Gasteiger partial charge < -0.3 is 14.2 Å². The van der Waals surface area contributed by atoms with E-state index < -0.39 is 12.1 Å². The van der Waals surface area contributed by atoms with Crippen LogP contribution in [0.5, 0.6) is 0 Å². The molecule has 1 unspecified atom stereocenters. The summed E-state index contributed by atoms with van der Waals surface area (Å²) in [7, 11) is 0. The first-order valence-electron chi connectivity index (χ1n) is 9.15. The van der Waals surface area contributed by atoms with E-state index in [-0.39, 0.29) is 18.5 Å². The van der Waals surface area contributed by atoms with E-state index in [1.807, 2.05) is 13.8 Å². The van der Waals surface area contributed by atoms with E-state index in [1.54, 1.807) is 0 Å². The SMILES string of the molecule is CCCCOC(=O)CC(OC1CCCCC1)C(=O)OCCCC. The molecule has 0 aliphatic heterocycles. The number of unbranched alkanes of at least 4 members (excludes halogenated alkanes) is 2. The van der Waals surface area contributed by atoms with E-state index in [4.69, 9.17) is 14.2 Å². The third kappa shape index (κ3) is 8.94. The Labute approximate surface area is 140 Å². The zero-order chi connectivity index (χ0) is 16.9. The summed E-state index contributed by atoms with van der Waals surface area (Å²) in [6, 6.07) is 0. The highest BCUT2D eigenvalue weighted by atomic mass is 16.6. The lowest BCUT2D eigenvalue weighted by Gasteiger charge is -2.26. The van der Waals surface area contributed by atoms with Crippen LogP contribution in [-0.4, -0.2) is 37.4 Å². The number of hydrogen-bond acceptors (Lipinski definition) is 5. The maximum Gasteiger partial charge on any atom is 0.335 e. The van der Waals surface area contributed by atoms with Crippen LogP contribution >= 0.6 is 0 Å². The number of esters is 2. The minimum Gasteiger partial charge on any atom is -0.466 e. The Bertz CT molecular complexity index is 336. The fraction of sp³-hybridized carbons (Fsp3) is 0.889. The van der Waals surface area contributed by atoms with Crippen molar-refractivity contribution in [2.45, 2.75) is 90.3 Å². The molecule has 1 aliphatic carbocycles. The number of carbonyl (C=O) groups is 2. The molecule has 0 aromatic rings. The quantitative estimate of drug-likeness (QED) is 0.427. The lowest BCUT2D eigenvalue weighted by Crippen LogP contribution is -2.34. The zero-order valence-corrected chi connectivity index (χ0v) is 14.7. The highest BCUT2D eigenvalue weighted by Crippen LogP contribution is 2.22. The average molecular weight is 328 g/mol. The first-order valence-corrected chi connectivity index (χ1v) is 9.15. The molecule has 0 amide bonds. The summed E-state index contributed by atoms with van der Waals surface area (Å²) in [6.07, 6.45) is 8.09. The molecule has 0 bridgehead atoms. The Morgan fingerprint density at radius 1 is 0.957 bits per heavy atom. The normalized spacial score (nSPS) is 16.8. The molecule has 0 heterocycles. The molecule has 0 aromatic carbocycles. The van der Waals surface area contributed by atoms with Crippen molar-refractivity contribution >= 4 is 11.9 Å². The minimum atomic E-state index is -0.830. The van der Waals surface area contributed by atoms with Crippen molar-refractivity contribution in [2.75, 3.05) is 13.2 Å². The lowest BCUT2D eigenvalue weighted by molar-refractivity contribution is -0.169. The minimum absolute atomic E-state index is 0.0504. The number of carbonyl (C=O) groups excluding carboxylic acids is 2. The molecular weight excluding hydrogens is 296 g/mol. The molecule has 5 heteroatoms. The summed E-state index contributed by atoms with van der Waals surface area (Å²) in [4.78, 5) is 24.1. The van der Waals surface area contributed by atoms with Gasteiger partial charge in [-0.05, 0) is 25.7 Å². The molecule has 23 heavy (non-hydrogen) atoms. The van der Waals surface area contributed by atoms with E-state index in [0.717, 1.165) is 51.4 Å². The Morgan fingerprint density at radius 3 is 2.17 bits per heavy atom. The fourth-order valence-electron chi connectivity index (χ4n) is 2.57. The van der Waals surface area contributed by atoms with E-state index in [2.05, 4.69) is 0 Å². The second-order valence-corrected chi connectivity index (χ2v) is 6.18. The van der Waals surface area contributed by atoms with Crippen LogP contribution in [0.4, 0.5) is 0 Å². The summed E-state index contributed by atoms with van der Waals surface area (Å²) in [5.74, 6) is -0.817. The molecule has 1 aliphatic rings. The molecule has 0 spiro atoms. The second kappa shape index (κ2) is 12.3. The maximum absolute atomic E-state index is 12.2. The van der Waals surface area contributed by atoms with Gasteiger partial charge in [-0.15, -0.1) is 0 Å². The predicted octanol–water partition coefficient (Wildman–Crippen LogP) is 3.78. The summed E-state index contributed by atoms with van der Waals surface area (Å²) in [6.45, 7) is 4.85. The van der Waals surface area contributed by atoms with E-state index in [9.17, 15) is 9.59 Å². The fourth-order valence-corrected chi connectivity index (χ4v) is 2.57. The van der Waals surface area contributed by atoms with Crippen molar-refractivity contribution < 1.29 is 23.8 Å². The molecule has 1 fully saturated rings. The largest absolute Gasteiger partial charge is 0.466 e. The van der Waals surface area contributed by atoms with E-state index in [1.165, 1.54) is 6.42 Å². The topological polar surface area (TPSA) is 61.8 Å². The molecule has 0 aromatic heterocycles. The molecule has 0 radical (unpaired) electrons. The van der Waals surface area contributed by atoms with Gasteiger partial charge in [0.2, 0.25) is 0 Å². The third-order valence-corrected chi connectivity index (χ3v) is 4.03. The van der Waals surface area contributed by atoms with E-state index in [0.29, 0.717) is 13.2 Å². The maximum atomic E-state index is 12.2. The number of hydrogen-bond donors (Lipinski definition) is 0. The van der Waals surface area contributed by atoms with Gasteiger partial charge in [0.05, 0.1) is 25.7 Å². The molecule has 5 nitrogen and oxygen atoms in total. The molecule has 1 rings (SSSR count). The molecular formula is C18H32O5. The third-order valence-electron chi connectivity index (χ3n) is 4.03. The van der Waals surface area contributed by atoms with Gasteiger partial charge in [0.25, 0.3) is 0 Å². The standard InChI is InChI=1S/C18H32O5/c1-3-5-12-21-17(19)14-16(18(20)22-13-6-4-2)23-15-10-8-7-9-11-15/h15-16H,3-14H2,1-2H3. The van der Waals surface area contributed by atoms with Crippen molar-refractivity contribution in [2.24, 2.45) is 0 Å². The van der Waals surface area contributed by atoms with Gasteiger partial charge in [0, 0.05) is 0 Å². The summed E-state index contributed by atoms with van der Waals surface area (Å²) in [5, 5.41) is 0. The highest BCUT2D eigenvalue weighted by molar-refractivity contribution is 5.81. The molecule has 0 saturated heterocycles. The Balaban J connectivity index is 2.48. The predicted molar refractivity (Wildman–Crippen MR) is 88.1 cm³/mol. The van der Waals surface area contributed by atoms with Gasteiger partial charge in [-0.25, -0.2) is 4.79 Å². The Hall–Kier alpha value is -1.10. The number of ether oxygens (including phenoxy) is 3. The Morgan fingerprint density at radius 2 is 1.57 bits per heavy atom. The average Bonchev–Trinajstić information content (AvgIpc) is 2.55.